The molecule has 0 amide bonds. The van der Waals surface area contributed by atoms with E-state index in [2.05, 4.69) is 35.6 Å². The maximum absolute atomic E-state index is 3.41. The third-order valence-corrected chi connectivity index (χ3v) is 2.85. The van der Waals surface area contributed by atoms with Crippen molar-refractivity contribution in [2.45, 2.75) is 19.3 Å². The van der Waals surface area contributed by atoms with Crippen LogP contribution in [0.25, 0.3) is 0 Å². The molecule has 1 N–H and O–H groups in total. The fourth-order valence-electron chi connectivity index (χ4n) is 1.98. The van der Waals surface area contributed by atoms with Gasteiger partial charge < -0.3 is 5.32 Å². The highest BCUT2D eigenvalue weighted by molar-refractivity contribution is 5.14. The molecule has 13 heavy (non-hydrogen) atoms. The number of hydrogen-bond donors (Lipinski definition) is 1. The van der Waals surface area contributed by atoms with E-state index in [1.807, 2.05) is 0 Å². The SMILES string of the molecule is c1ccc(CC[C@H]2CCNC2)cc1. The minimum absolute atomic E-state index is 0.917. The van der Waals surface area contributed by atoms with Crippen LogP contribution >= 0.6 is 0 Å². The molecule has 0 bridgehead atoms. The van der Waals surface area contributed by atoms with Crippen molar-refractivity contribution in [1.29, 1.82) is 0 Å². The van der Waals surface area contributed by atoms with Gasteiger partial charge in [0.25, 0.3) is 0 Å². The summed E-state index contributed by atoms with van der Waals surface area (Å²) in [5.74, 6) is 0.917. The van der Waals surface area contributed by atoms with E-state index in [9.17, 15) is 0 Å². The summed E-state index contributed by atoms with van der Waals surface area (Å²) < 4.78 is 0. The van der Waals surface area contributed by atoms with E-state index in [0.717, 1.165) is 5.92 Å². The van der Waals surface area contributed by atoms with E-state index in [1.54, 1.807) is 0 Å². The number of hydrogen-bond acceptors (Lipinski definition) is 1. The summed E-state index contributed by atoms with van der Waals surface area (Å²) >= 11 is 0. The summed E-state index contributed by atoms with van der Waals surface area (Å²) in [4.78, 5) is 0. The summed E-state index contributed by atoms with van der Waals surface area (Å²) in [6, 6.07) is 10.8. The van der Waals surface area contributed by atoms with Gasteiger partial charge in [-0.05, 0) is 43.8 Å². The second-order valence-corrected chi connectivity index (χ2v) is 3.88. The van der Waals surface area contributed by atoms with E-state index < -0.39 is 0 Å². The van der Waals surface area contributed by atoms with Gasteiger partial charge in [0.2, 0.25) is 0 Å². The Morgan fingerprint density at radius 2 is 2.08 bits per heavy atom. The molecule has 0 radical (unpaired) electrons. The van der Waals surface area contributed by atoms with E-state index in [4.69, 9.17) is 0 Å². The van der Waals surface area contributed by atoms with Crippen LogP contribution in [0, 0.1) is 5.92 Å². The van der Waals surface area contributed by atoms with Crippen molar-refractivity contribution in [3.63, 3.8) is 0 Å². The number of aryl methyl sites for hydroxylation is 1. The molecule has 1 aromatic rings. The van der Waals surface area contributed by atoms with Gasteiger partial charge in [0, 0.05) is 0 Å². The third kappa shape index (κ3) is 2.56. The van der Waals surface area contributed by atoms with Crippen molar-refractivity contribution < 1.29 is 0 Å². The molecule has 0 saturated carbocycles. The molecule has 1 aromatic carbocycles. The number of benzene rings is 1. The quantitative estimate of drug-likeness (QED) is 0.743. The summed E-state index contributed by atoms with van der Waals surface area (Å²) in [5, 5.41) is 3.41. The molecule has 1 heteroatoms. The smallest absolute Gasteiger partial charge is 0.00199 e. The Hall–Kier alpha value is -0.820. The first-order chi connectivity index (χ1) is 6.45. The number of nitrogens with one attached hydrogen (secondary N) is 1. The van der Waals surface area contributed by atoms with Crippen molar-refractivity contribution in [3.05, 3.63) is 35.9 Å². The second-order valence-electron chi connectivity index (χ2n) is 3.88. The summed E-state index contributed by atoms with van der Waals surface area (Å²) in [7, 11) is 0. The fourth-order valence-corrected chi connectivity index (χ4v) is 1.98. The Labute approximate surface area is 80.2 Å². The average Bonchev–Trinajstić information content (AvgIpc) is 2.69. The van der Waals surface area contributed by atoms with Crippen LogP contribution in [-0.4, -0.2) is 13.1 Å². The minimum atomic E-state index is 0.917. The highest BCUT2D eigenvalue weighted by Gasteiger charge is 2.13. The molecule has 1 saturated heterocycles. The van der Waals surface area contributed by atoms with Gasteiger partial charge in [0.05, 0.1) is 0 Å². The van der Waals surface area contributed by atoms with Crippen LogP contribution in [0.1, 0.15) is 18.4 Å². The lowest BCUT2D eigenvalue weighted by Gasteiger charge is -2.07. The van der Waals surface area contributed by atoms with Gasteiger partial charge in [-0.15, -0.1) is 0 Å². The fraction of sp³-hybridized carbons (Fsp3) is 0.500. The molecular weight excluding hydrogens is 158 g/mol. The van der Waals surface area contributed by atoms with E-state index in [0.29, 0.717) is 0 Å². The van der Waals surface area contributed by atoms with Crippen LogP contribution in [-0.2, 0) is 6.42 Å². The molecule has 1 aliphatic heterocycles. The monoisotopic (exact) mass is 175 g/mol. The first kappa shape index (κ1) is 8.76. The minimum Gasteiger partial charge on any atom is -0.316 e. The molecule has 0 unspecified atom stereocenters. The Bertz CT molecular complexity index is 237. The van der Waals surface area contributed by atoms with Gasteiger partial charge in [0.15, 0.2) is 0 Å². The van der Waals surface area contributed by atoms with Gasteiger partial charge >= 0.3 is 0 Å². The molecule has 1 nitrogen and oxygen atoms in total. The Kier molecular flexibility index (Phi) is 2.98. The second kappa shape index (κ2) is 4.43. The Morgan fingerprint density at radius 3 is 2.77 bits per heavy atom. The normalized spacial score (nSPS) is 22.0. The topological polar surface area (TPSA) is 12.0 Å². The largest absolute Gasteiger partial charge is 0.316 e. The lowest BCUT2D eigenvalue weighted by atomic mass is 9.99. The average molecular weight is 175 g/mol. The molecule has 1 fully saturated rings. The first-order valence-electron chi connectivity index (χ1n) is 5.20. The van der Waals surface area contributed by atoms with Crippen molar-refractivity contribution in [2.24, 2.45) is 5.92 Å². The molecule has 1 aliphatic rings. The van der Waals surface area contributed by atoms with Crippen LogP contribution in [0.4, 0.5) is 0 Å². The maximum Gasteiger partial charge on any atom is -0.00199 e. The maximum atomic E-state index is 3.41. The standard InChI is InChI=1S/C12H17N/c1-2-4-11(5-3-1)6-7-12-8-9-13-10-12/h1-5,12-13H,6-10H2/t12-/m0/s1. The number of rotatable bonds is 3. The predicted molar refractivity (Wildman–Crippen MR) is 55.7 cm³/mol. The molecule has 0 spiro atoms. The van der Waals surface area contributed by atoms with Gasteiger partial charge in [-0.2, -0.15) is 0 Å². The van der Waals surface area contributed by atoms with Crippen LogP contribution in [0.3, 0.4) is 0 Å². The van der Waals surface area contributed by atoms with Crippen molar-refractivity contribution in [2.75, 3.05) is 13.1 Å². The van der Waals surface area contributed by atoms with E-state index in [1.165, 1.54) is 37.9 Å². The summed E-state index contributed by atoms with van der Waals surface area (Å²) in [5.41, 5.74) is 1.48. The van der Waals surface area contributed by atoms with Gasteiger partial charge in [0.1, 0.15) is 0 Å². The predicted octanol–water partition coefficient (Wildman–Crippen LogP) is 2.23. The van der Waals surface area contributed by atoms with Gasteiger partial charge in [-0.1, -0.05) is 30.3 Å². The molecule has 0 aliphatic carbocycles. The zero-order valence-corrected chi connectivity index (χ0v) is 8.00. The molecule has 1 heterocycles. The Balaban J connectivity index is 1.79. The van der Waals surface area contributed by atoms with Gasteiger partial charge in [-0.25, -0.2) is 0 Å². The highest BCUT2D eigenvalue weighted by Crippen LogP contribution is 2.15. The molecule has 1 atom stereocenters. The molecule has 0 aromatic heterocycles. The van der Waals surface area contributed by atoms with E-state index >= 15 is 0 Å². The van der Waals surface area contributed by atoms with Crippen molar-refractivity contribution in [1.82, 2.24) is 5.32 Å². The zero-order chi connectivity index (χ0) is 8.93. The zero-order valence-electron chi connectivity index (χ0n) is 8.00. The summed E-state index contributed by atoms with van der Waals surface area (Å²) in [6.45, 7) is 2.45. The molecular formula is C12H17N. The third-order valence-electron chi connectivity index (χ3n) is 2.85. The van der Waals surface area contributed by atoms with Crippen LogP contribution in [0.15, 0.2) is 30.3 Å². The lowest BCUT2D eigenvalue weighted by molar-refractivity contribution is 0.533. The lowest BCUT2D eigenvalue weighted by Crippen LogP contribution is -2.09. The first-order valence-corrected chi connectivity index (χ1v) is 5.20. The highest BCUT2D eigenvalue weighted by atomic mass is 14.9. The van der Waals surface area contributed by atoms with E-state index in [-0.39, 0.29) is 0 Å². The summed E-state index contributed by atoms with van der Waals surface area (Å²) in [6.07, 6.45) is 3.96. The molecule has 70 valence electrons. The van der Waals surface area contributed by atoms with Crippen LogP contribution in [0.5, 0.6) is 0 Å². The van der Waals surface area contributed by atoms with Crippen molar-refractivity contribution >= 4 is 0 Å². The molecule has 2 rings (SSSR count). The van der Waals surface area contributed by atoms with Gasteiger partial charge in [-0.3, -0.25) is 0 Å². The van der Waals surface area contributed by atoms with Crippen LogP contribution in [0.2, 0.25) is 0 Å². The Morgan fingerprint density at radius 1 is 1.23 bits per heavy atom. The van der Waals surface area contributed by atoms with Crippen LogP contribution < -0.4 is 5.32 Å². The van der Waals surface area contributed by atoms with Crippen molar-refractivity contribution in [3.8, 4) is 0 Å².